The Labute approximate surface area is 160 Å². The minimum absolute atomic E-state index is 0.0357. The Kier molecular flexibility index (Phi) is 7.77. The average Bonchev–Trinajstić information content (AvgIpc) is 3.15. The van der Waals surface area contributed by atoms with E-state index in [1.807, 2.05) is 7.05 Å². The second-order valence-corrected chi connectivity index (χ2v) is 7.70. The number of primary amides is 1. The number of carbonyl (C=O) groups excluding carboxylic acids is 4. The van der Waals surface area contributed by atoms with Gasteiger partial charge < -0.3 is 21.3 Å². The van der Waals surface area contributed by atoms with Gasteiger partial charge >= 0.3 is 0 Å². The number of nitrogens with two attached hydrogens (primary N) is 1. The largest absolute Gasteiger partial charge is 0.363 e. The topological polar surface area (TPSA) is 122 Å². The van der Waals surface area contributed by atoms with Crippen molar-refractivity contribution in [1.29, 1.82) is 0 Å². The first-order chi connectivity index (χ1) is 12.8. The van der Waals surface area contributed by atoms with E-state index in [9.17, 15) is 19.2 Å². The number of Topliss-reactive ketones (excluding diaryl/α,β-unsaturated/α-hetero) is 1. The molecule has 8 heteroatoms. The molecule has 3 amide bonds. The van der Waals surface area contributed by atoms with Gasteiger partial charge in [0.05, 0.1) is 6.04 Å². The summed E-state index contributed by atoms with van der Waals surface area (Å²) in [6.07, 6.45) is 7.62. The van der Waals surface area contributed by atoms with E-state index in [4.69, 9.17) is 5.73 Å². The number of carbonyl (C=O) groups is 4. The minimum Gasteiger partial charge on any atom is -0.363 e. The molecule has 0 aromatic heterocycles. The molecule has 0 spiro atoms. The zero-order chi connectivity index (χ0) is 20.0. The van der Waals surface area contributed by atoms with E-state index >= 15 is 0 Å². The van der Waals surface area contributed by atoms with Gasteiger partial charge in [-0.2, -0.15) is 0 Å². The molecular weight excluding hydrogens is 348 g/mol. The Hall–Kier alpha value is -1.96. The van der Waals surface area contributed by atoms with Crippen LogP contribution < -0.4 is 16.4 Å². The van der Waals surface area contributed by atoms with Gasteiger partial charge in [0.25, 0.3) is 5.91 Å². The van der Waals surface area contributed by atoms with E-state index in [0.29, 0.717) is 25.3 Å². The monoisotopic (exact) mass is 380 g/mol. The van der Waals surface area contributed by atoms with Crippen molar-refractivity contribution in [2.45, 2.75) is 76.4 Å². The van der Waals surface area contributed by atoms with Crippen LogP contribution in [0.2, 0.25) is 0 Å². The van der Waals surface area contributed by atoms with Gasteiger partial charge in [-0.05, 0) is 45.6 Å². The molecule has 8 nitrogen and oxygen atoms in total. The van der Waals surface area contributed by atoms with Crippen molar-refractivity contribution >= 4 is 23.5 Å². The molecule has 4 N–H and O–H groups in total. The summed E-state index contributed by atoms with van der Waals surface area (Å²) in [6, 6.07) is -1.46. The third-order valence-corrected chi connectivity index (χ3v) is 5.85. The van der Waals surface area contributed by atoms with E-state index in [0.717, 1.165) is 19.3 Å². The van der Waals surface area contributed by atoms with Crippen LogP contribution in [-0.2, 0) is 19.2 Å². The normalized spacial score (nSPS) is 22.9. The van der Waals surface area contributed by atoms with Crippen molar-refractivity contribution < 1.29 is 19.2 Å². The SMILES string of the molecule is CNC(CC(=O)N1CCCC1C(=O)NC(C)C(=O)C(N)=O)C1CCCCC1. The van der Waals surface area contributed by atoms with Gasteiger partial charge in [0.1, 0.15) is 6.04 Å². The van der Waals surface area contributed by atoms with Gasteiger partial charge in [0.2, 0.25) is 17.6 Å². The van der Waals surface area contributed by atoms with E-state index in [1.54, 1.807) is 4.90 Å². The van der Waals surface area contributed by atoms with Crippen LogP contribution in [0.5, 0.6) is 0 Å². The molecule has 1 saturated carbocycles. The van der Waals surface area contributed by atoms with Crippen molar-refractivity contribution in [1.82, 2.24) is 15.5 Å². The highest BCUT2D eigenvalue weighted by atomic mass is 16.2. The molecule has 3 unspecified atom stereocenters. The molecule has 1 saturated heterocycles. The van der Waals surface area contributed by atoms with Crippen LogP contribution in [0, 0.1) is 5.92 Å². The van der Waals surface area contributed by atoms with Crippen molar-refractivity contribution in [2.75, 3.05) is 13.6 Å². The second kappa shape index (κ2) is 9.82. The van der Waals surface area contributed by atoms with Gasteiger partial charge in [-0.25, -0.2) is 0 Å². The molecule has 3 atom stereocenters. The predicted octanol–water partition coefficient (Wildman–Crippen LogP) is 0.0949. The molecular formula is C19H32N4O4. The standard InChI is InChI=1S/C19H32N4O4/c1-12(17(25)18(20)26)22-19(27)15-9-6-10-23(15)16(24)11-14(21-2)13-7-4-3-5-8-13/h12-15,21H,3-11H2,1-2H3,(H2,20,26)(H,22,27). The van der Waals surface area contributed by atoms with Crippen LogP contribution in [0.25, 0.3) is 0 Å². The Morgan fingerprint density at radius 3 is 2.33 bits per heavy atom. The number of nitrogens with one attached hydrogen (secondary N) is 2. The van der Waals surface area contributed by atoms with Crippen LogP contribution in [-0.4, -0.2) is 60.1 Å². The Bertz CT molecular complexity index is 574. The van der Waals surface area contributed by atoms with Gasteiger partial charge in [-0.1, -0.05) is 19.3 Å². The molecule has 2 fully saturated rings. The summed E-state index contributed by atoms with van der Waals surface area (Å²) >= 11 is 0. The maximum absolute atomic E-state index is 12.9. The number of rotatable bonds is 8. The highest BCUT2D eigenvalue weighted by Gasteiger charge is 2.37. The summed E-state index contributed by atoms with van der Waals surface area (Å²) < 4.78 is 0. The Morgan fingerprint density at radius 1 is 1.07 bits per heavy atom. The van der Waals surface area contributed by atoms with Gasteiger partial charge in [-0.3, -0.25) is 19.2 Å². The van der Waals surface area contributed by atoms with E-state index < -0.39 is 29.7 Å². The average molecular weight is 380 g/mol. The molecule has 0 bridgehead atoms. The predicted molar refractivity (Wildman–Crippen MR) is 101 cm³/mol. The molecule has 0 aromatic carbocycles. The summed E-state index contributed by atoms with van der Waals surface area (Å²) in [6.45, 7) is 1.96. The lowest BCUT2D eigenvalue weighted by atomic mass is 9.82. The summed E-state index contributed by atoms with van der Waals surface area (Å²) in [5.74, 6) is -1.86. The first-order valence-corrected chi connectivity index (χ1v) is 9.96. The maximum Gasteiger partial charge on any atom is 0.287 e. The summed E-state index contributed by atoms with van der Waals surface area (Å²) in [4.78, 5) is 49.6. The fourth-order valence-corrected chi connectivity index (χ4v) is 4.27. The van der Waals surface area contributed by atoms with Gasteiger partial charge in [0.15, 0.2) is 0 Å². The lowest BCUT2D eigenvalue weighted by Crippen LogP contribution is -2.52. The van der Waals surface area contributed by atoms with Crippen LogP contribution in [0.3, 0.4) is 0 Å². The van der Waals surface area contributed by atoms with Crippen molar-refractivity contribution in [3.8, 4) is 0 Å². The second-order valence-electron chi connectivity index (χ2n) is 7.70. The zero-order valence-corrected chi connectivity index (χ0v) is 16.3. The number of ketones is 1. The summed E-state index contributed by atoms with van der Waals surface area (Å²) in [7, 11) is 1.89. The summed E-state index contributed by atoms with van der Waals surface area (Å²) in [5.41, 5.74) is 4.97. The molecule has 152 valence electrons. The lowest BCUT2D eigenvalue weighted by molar-refractivity contribution is -0.141. The fourth-order valence-electron chi connectivity index (χ4n) is 4.27. The molecule has 2 aliphatic rings. The Balaban J connectivity index is 1.95. The number of likely N-dealkylation sites (tertiary alicyclic amines) is 1. The lowest BCUT2D eigenvalue weighted by Gasteiger charge is -2.32. The highest BCUT2D eigenvalue weighted by molar-refractivity contribution is 6.37. The molecule has 2 rings (SSSR count). The van der Waals surface area contributed by atoms with Crippen molar-refractivity contribution in [3.63, 3.8) is 0 Å². The smallest absolute Gasteiger partial charge is 0.287 e. The fraction of sp³-hybridized carbons (Fsp3) is 0.789. The number of hydrogen-bond acceptors (Lipinski definition) is 5. The van der Waals surface area contributed by atoms with Crippen LogP contribution in [0.4, 0.5) is 0 Å². The number of hydrogen-bond donors (Lipinski definition) is 3. The number of nitrogens with zero attached hydrogens (tertiary/aromatic N) is 1. The zero-order valence-electron chi connectivity index (χ0n) is 16.3. The van der Waals surface area contributed by atoms with Crippen LogP contribution in [0.15, 0.2) is 0 Å². The molecule has 1 aliphatic carbocycles. The summed E-state index contributed by atoms with van der Waals surface area (Å²) in [5, 5.41) is 5.81. The molecule has 0 aromatic rings. The van der Waals surface area contributed by atoms with Gasteiger partial charge in [0, 0.05) is 19.0 Å². The van der Waals surface area contributed by atoms with Crippen LogP contribution in [0.1, 0.15) is 58.3 Å². The first-order valence-electron chi connectivity index (χ1n) is 9.96. The first kappa shape index (κ1) is 21.3. The van der Waals surface area contributed by atoms with Crippen LogP contribution >= 0.6 is 0 Å². The quantitative estimate of drug-likeness (QED) is 0.516. The third kappa shape index (κ3) is 5.51. The Morgan fingerprint density at radius 2 is 1.74 bits per heavy atom. The highest BCUT2D eigenvalue weighted by Crippen LogP contribution is 2.29. The van der Waals surface area contributed by atoms with E-state index in [1.165, 1.54) is 26.2 Å². The molecule has 1 heterocycles. The van der Waals surface area contributed by atoms with E-state index in [-0.39, 0.29) is 11.9 Å². The van der Waals surface area contributed by atoms with E-state index in [2.05, 4.69) is 10.6 Å². The molecule has 0 radical (unpaired) electrons. The maximum atomic E-state index is 12.9. The minimum atomic E-state index is -1.08. The molecule has 1 aliphatic heterocycles. The third-order valence-electron chi connectivity index (χ3n) is 5.85. The van der Waals surface area contributed by atoms with Crippen molar-refractivity contribution in [3.05, 3.63) is 0 Å². The van der Waals surface area contributed by atoms with Crippen molar-refractivity contribution in [2.24, 2.45) is 11.7 Å². The molecule has 27 heavy (non-hydrogen) atoms. The number of amides is 3. The van der Waals surface area contributed by atoms with Gasteiger partial charge in [-0.15, -0.1) is 0 Å².